The molecule has 1 heterocycles. The number of rotatable bonds is 6. The summed E-state index contributed by atoms with van der Waals surface area (Å²) in [4.78, 5) is 24.5. The first-order valence-corrected chi connectivity index (χ1v) is 7.52. The van der Waals surface area contributed by atoms with Gasteiger partial charge in [-0.25, -0.2) is 9.48 Å². The Balaban J connectivity index is 2.18. The van der Waals surface area contributed by atoms with Crippen LogP contribution in [-0.4, -0.2) is 35.2 Å². The summed E-state index contributed by atoms with van der Waals surface area (Å²) in [6.45, 7) is 5.10. The Morgan fingerprint density at radius 2 is 1.96 bits per heavy atom. The van der Waals surface area contributed by atoms with Crippen LogP contribution in [0.5, 0.6) is 0 Å². The van der Waals surface area contributed by atoms with Crippen LogP contribution in [0.3, 0.4) is 0 Å². The SMILES string of the molecule is CCOCCNC(=O)Nc1c(C)n(C)n(-c2ccccc2)c1=O. The number of aromatic nitrogens is 2. The second-order valence-electron chi connectivity index (χ2n) is 5.01. The van der Waals surface area contributed by atoms with Gasteiger partial charge in [0.05, 0.1) is 18.0 Å². The lowest BCUT2D eigenvalue weighted by Crippen LogP contribution is -2.33. The number of hydrogen-bond donors (Lipinski definition) is 2. The third kappa shape index (κ3) is 3.81. The van der Waals surface area contributed by atoms with Gasteiger partial charge in [-0.3, -0.25) is 9.48 Å². The van der Waals surface area contributed by atoms with E-state index >= 15 is 0 Å². The zero-order chi connectivity index (χ0) is 16.8. The van der Waals surface area contributed by atoms with Gasteiger partial charge in [-0.1, -0.05) is 18.2 Å². The summed E-state index contributed by atoms with van der Waals surface area (Å²) in [5.74, 6) is 0. The first kappa shape index (κ1) is 16.8. The van der Waals surface area contributed by atoms with Crippen LogP contribution in [-0.2, 0) is 11.8 Å². The zero-order valence-electron chi connectivity index (χ0n) is 13.6. The summed E-state index contributed by atoms with van der Waals surface area (Å²) in [5.41, 5.74) is 1.42. The molecule has 7 nitrogen and oxygen atoms in total. The fourth-order valence-corrected chi connectivity index (χ4v) is 2.25. The molecule has 0 aliphatic carbocycles. The number of amides is 2. The molecule has 1 aromatic heterocycles. The lowest BCUT2D eigenvalue weighted by atomic mass is 10.3. The fourth-order valence-electron chi connectivity index (χ4n) is 2.25. The summed E-state index contributed by atoms with van der Waals surface area (Å²) in [5, 5.41) is 5.28. The Morgan fingerprint density at radius 1 is 1.26 bits per heavy atom. The Hall–Kier alpha value is -2.54. The molecule has 2 amide bonds. The van der Waals surface area contributed by atoms with E-state index < -0.39 is 6.03 Å². The zero-order valence-corrected chi connectivity index (χ0v) is 13.6. The lowest BCUT2D eigenvalue weighted by Gasteiger charge is -2.07. The van der Waals surface area contributed by atoms with Crippen molar-refractivity contribution in [2.45, 2.75) is 13.8 Å². The van der Waals surface area contributed by atoms with Crippen molar-refractivity contribution in [1.29, 1.82) is 0 Å². The van der Waals surface area contributed by atoms with Crippen LogP contribution in [0.4, 0.5) is 10.5 Å². The van der Waals surface area contributed by atoms with Gasteiger partial charge in [0.1, 0.15) is 5.69 Å². The molecule has 0 saturated heterocycles. The van der Waals surface area contributed by atoms with E-state index in [2.05, 4.69) is 10.6 Å². The van der Waals surface area contributed by atoms with Gasteiger partial charge in [-0.2, -0.15) is 0 Å². The normalized spacial score (nSPS) is 10.6. The van der Waals surface area contributed by atoms with Gasteiger partial charge < -0.3 is 15.4 Å². The number of nitrogens with zero attached hydrogens (tertiary/aromatic N) is 2. The van der Waals surface area contributed by atoms with Crippen LogP contribution in [0.1, 0.15) is 12.6 Å². The molecule has 0 aliphatic rings. The summed E-state index contributed by atoms with van der Waals surface area (Å²) < 4.78 is 8.38. The van der Waals surface area contributed by atoms with Crippen molar-refractivity contribution >= 4 is 11.7 Å². The van der Waals surface area contributed by atoms with E-state index in [1.165, 1.54) is 4.68 Å². The van der Waals surface area contributed by atoms with Gasteiger partial charge in [-0.05, 0) is 26.0 Å². The number of carbonyl (C=O) groups excluding carboxylic acids is 1. The van der Waals surface area contributed by atoms with E-state index in [4.69, 9.17) is 4.74 Å². The van der Waals surface area contributed by atoms with Gasteiger partial charge in [0, 0.05) is 20.2 Å². The van der Waals surface area contributed by atoms with Crippen LogP contribution in [0.25, 0.3) is 5.69 Å². The summed E-state index contributed by atoms with van der Waals surface area (Å²) in [6.07, 6.45) is 0. The molecule has 124 valence electrons. The lowest BCUT2D eigenvalue weighted by molar-refractivity contribution is 0.150. The minimum Gasteiger partial charge on any atom is -0.380 e. The monoisotopic (exact) mass is 318 g/mol. The molecular weight excluding hydrogens is 296 g/mol. The number of nitrogens with one attached hydrogen (secondary N) is 2. The van der Waals surface area contributed by atoms with Crippen molar-refractivity contribution in [3.05, 3.63) is 46.4 Å². The molecule has 0 atom stereocenters. The minimum atomic E-state index is -0.421. The molecule has 0 aliphatic heterocycles. The molecule has 23 heavy (non-hydrogen) atoms. The maximum atomic E-state index is 12.6. The Bertz CT molecular complexity index is 719. The number of urea groups is 1. The molecule has 2 N–H and O–H groups in total. The quantitative estimate of drug-likeness (QED) is 0.795. The molecule has 0 unspecified atom stereocenters. The molecule has 0 radical (unpaired) electrons. The van der Waals surface area contributed by atoms with Crippen molar-refractivity contribution in [2.24, 2.45) is 7.05 Å². The van der Waals surface area contributed by atoms with Crippen LogP contribution >= 0.6 is 0 Å². The molecular formula is C16H22N4O3. The van der Waals surface area contributed by atoms with Crippen molar-refractivity contribution < 1.29 is 9.53 Å². The van der Waals surface area contributed by atoms with Crippen LogP contribution in [0.15, 0.2) is 35.1 Å². The van der Waals surface area contributed by atoms with Gasteiger partial charge in [0.25, 0.3) is 5.56 Å². The molecule has 2 aromatic rings. The number of hydrogen-bond acceptors (Lipinski definition) is 3. The van der Waals surface area contributed by atoms with Gasteiger partial charge in [0.2, 0.25) is 0 Å². The van der Waals surface area contributed by atoms with Crippen LogP contribution < -0.4 is 16.2 Å². The first-order valence-electron chi connectivity index (χ1n) is 7.52. The first-order chi connectivity index (χ1) is 11.1. The average Bonchev–Trinajstić information content (AvgIpc) is 2.76. The van der Waals surface area contributed by atoms with E-state index in [1.54, 1.807) is 18.7 Å². The third-order valence-electron chi connectivity index (χ3n) is 3.53. The Kier molecular flexibility index (Phi) is 5.59. The predicted octanol–water partition coefficient (Wildman–Crippen LogP) is 1.64. The standard InChI is InChI=1S/C16H22N4O3/c1-4-23-11-10-17-16(22)18-14-12(2)19(3)20(15(14)21)13-8-6-5-7-9-13/h5-9H,4,10-11H2,1-3H3,(H2,17,18,22). The smallest absolute Gasteiger partial charge is 0.319 e. The van der Waals surface area contributed by atoms with Gasteiger partial charge in [0.15, 0.2) is 0 Å². The predicted molar refractivity (Wildman–Crippen MR) is 89.3 cm³/mol. The maximum Gasteiger partial charge on any atom is 0.319 e. The van der Waals surface area contributed by atoms with Crippen LogP contribution in [0, 0.1) is 6.92 Å². The number of carbonyl (C=O) groups is 1. The number of benzene rings is 1. The van der Waals surface area contributed by atoms with Gasteiger partial charge in [-0.15, -0.1) is 0 Å². The van der Waals surface area contributed by atoms with E-state index in [0.29, 0.717) is 25.5 Å². The van der Waals surface area contributed by atoms with Crippen LogP contribution in [0.2, 0.25) is 0 Å². The van der Waals surface area contributed by atoms with Crippen molar-refractivity contribution in [1.82, 2.24) is 14.7 Å². The second-order valence-corrected chi connectivity index (χ2v) is 5.01. The topological polar surface area (TPSA) is 77.3 Å². The minimum absolute atomic E-state index is 0.267. The highest BCUT2D eigenvalue weighted by Crippen LogP contribution is 2.13. The molecule has 0 spiro atoms. The fraction of sp³-hybridized carbons (Fsp3) is 0.375. The highest BCUT2D eigenvalue weighted by atomic mass is 16.5. The summed E-state index contributed by atoms with van der Waals surface area (Å²) in [6, 6.07) is 8.86. The van der Waals surface area contributed by atoms with Gasteiger partial charge >= 0.3 is 6.03 Å². The highest BCUT2D eigenvalue weighted by molar-refractivity contribution is 5.89. The van der Waals surface area contributed by atoms with Crippen molar-refractivity contribution in [2.75, 3.05) is 25.1 Å². The van der Waals surface area contributed by atoms with E-state index in [1.807, 2.05) is 37.3 Å². The average molecular weight is 318 g/mol. The molecule has 0 saturated carbocycles. The molecule has 0 fully saturated rings. The molecule has 7 heteroatoms. The highest BCUT2D eigenvalue weighted by Gasteiger charge is 2.17. The summed E-state index contributed by atoms with van der Waals surface area (Å²) >= 11 is 0. The maximum absolute atomic E-state index is 12.6. The molecule has 2 rings (SSSR count). The second kappa shape index (κ2) is 7.64. The Morgan fingerprint density at radius 3 is 2.61 bits per heavy atom. The van der Waals surface area contributed by atoms with E-state index in [9.17, 15) is 9.59 Å². The number of anilines is 1. The summed E-state index contributed by atoms with van der Waals surface area (Å²) in [7, 11) is 1.78. The number of ether oxygens (including phenoxy) is 1. The van der Waals surface area contributed by atoms with E-state index in [0.717, 1.165) is 5.69 Å². The van der Waals surface area contributed by atoms with Crippen molar-refractivity contribution in [3.63, 3.8) is 0 Å². The molecule has 0 bridgehead atoms. The largest absolute Gasteiger partial charge is 0.380 e. The third-order valence-corrected chi connectivity index (χ3v) is 3.53. The van der Waals surface area contributed by atoms with Crippen molar-refractivity contribution in [3.8, 4) is 5.69 Å². The van der Waals surface area contributed by atoms with E-state index in [-0.39, 0.29) is 11.2 Å². The molecule has 1 aromatic carbocycles. The number of para-hydroxylation sites is 1. The Labute approximate surface area is 134 Å².